The van der Waals surface area contributed by atoms with Crippen LogP contribution in [0, 0.1) is 5.82 Å². The van der Waals surface area contributed by atoms with Crippen molar-refractivity contribution in [2.45, 2.75) is 11.8 Å². The Bertz CT molecular complexity index is 602. The van der Waals surface area contributed by atoms with Gasteiger partial charge in [-0.05, 0) is 29.3 Å². The number of fused-ring (bicyclic) bond motifs is 1. The molecule has 0 spiro atoms. The summed E-state index contributed by atoms with van der Waals surface area (Å²) in [5.74, 6) is 1.68. The third kappa shape index (κ3) is 2.72. The molecule has 2 aromatic rings. The van der Waals surface area contributed by atoms with Gasteiger partial charge in [0.25, 0.3) is 0 Å². The van der Waals surface area contributed by atoms with Gasteiger partial charge < -0.3 is 5.32 Å². The van der Waals surface area contributed by atoms with E-state index in [4.69, 9.17) is 11.6 Å². The van der Waals surface area contributed by atoms with Gasteiger partial charge in [0.15, 0.2) is 0 Å². The standard InChI is InChI=1S/C15H13ClFNS/c16-13-7-11(5-6-14(13)17)18-15-9-19-8-10-3-1-2-4-12(10)15/h1-7,15,18H,8-9H2. The molecule has 0 aliphatic carbocycles. The zero-order chi connectivity index (χ0) is 13.2. The fourth-order valence-corrected chi connectivity index (χ4v) is 3.57. The van der Waals surface area contributed by atoms with E-state index in [1.54, 1.807) is 12.1 Å². The molecule has 1 aliphatic heterocycles. The van der Waals surface area contributed by atoms with E-state index in [1.807, 2.05) is 11.8 Å². The molecular weight excluding hydrogens is 281 g/mol. The fourth-order valence-electron chi connectivity index (χ4n) is 2.29. The van der Waals surface area contributed by atoms with E-state index in [0.717, 1.165) is 17.2 Å². The Morgan fingerprint density at radius 1 is 1.21 bits per heavy atom. The minimum absolute atomic E-state index is 0.154. The maximum atomic E-state index is 13.2. The number of rotatable bonds is 2. The molecule has 0 saturated carbocycles. The van der Waals surface area contributed by atoms with Crippen molar-refractivity contribution in [3.8, 4) is 0 Å². The smallest absolute Gasteiger partial charge is 0.141 e. The van der Waals surface area contributed by atoms with E-state index >= 15 is 0 Å². The van der Waals surface area contributed by atoms with Gasteiger partial charge in [-0.15, -0.1) is 0 Å². The first kappa shape index (κ1) is 12.8. The number of thioether (sulfide) groups is 1. The van der Waals surface area contributed by atoms with Crippen LogP contribution in [0.3, 0.4) is 0 Å². The molecule has 1 nitrogen and oxygen atoms in total. The molecule has 1 N–H and O–H groups in total. The Labute approximate surface area is 121 Å². The topological polar surface area (TPSA) is 12.0 Å². The van der Waals surface area contributed by atoms with Gasteiger partial charge in [0.2, 0.25) is 0 Å². The molecular formula is C15H13ClFNS. The van der Waals surface area contributed by atoms with Crippen molar-refractivity contribution < 1.29 is 4.39 Å². The van der Waals surface area contributed by atoms with Gasteiger partial charge in [0.05, 0.1) is 11.1 Å². The largest absolute Gasteiger partial charge is 0.377 e. The van der Waals surface area contributed by atoms with E-state index in [0.29, 0.717) is 0 Å². The van der Waals surface area contributed by atoms with Crippen LogP contribution in [0.4, 0.5) is 10.1 Å². The summed E-state index contributed by atoms with van der Waals surface area (Å²) in [5.41, 5.74) is 3.54. The number of hydrogen-bond donors (Lipinski definition) is 1. The van der Waals surface area contributed by atoms with Gasteiger partial charge in [-0.2, -0.15) is 11.8 Å². The van der Waals surface area contributed by atoms with E-state index in [2.05, 4.69) is 29.6 Å². The van der Waals surface area contributed by atoms with Crippen LogP contribution in [-0.4, -0.2) is 5.75 Å². The van der Waals surface area contributed by atoms with Crippen LogP contribution in [0.2, 0.25) is 5.02 Å². The van der Waals surface area contributed by atoms with Crippen LogP contribution in [0.5, 0.6) is 0 Å². The maximum absolute atomic E-state index is 13.2. The molecule has 0 bridgehead atoms. The number of nitrogens with one attached hydrogen (secondary N) is 1. The molecule has 19 heavy (non-hydrogen) atoms. The van der Waals surface area contributed by atoms with Gasteiger partial charge in [0.1, 0.15) is 5.82 Å². The molecule has 0 saturated heterocycles. The van der Waals surface area contributed by atoms with Gasteiger partial charge in [-0.1, -0.05) is 35.9 Å². The van der Waals surface area contributed by atoms with Crippen molar-refractivity contribution in [1.29, 1.82) is 0 Å². The highest BCUT2D eigenvalue weighted by molar-refractivity contribution is 7.98. The summed E-state index contributed by atoms with van der Waals surface area (Å²) in [5, 5.41) is 3.59. The van der Waals surface area contributed by atoms with Crippen LogP contribution in [0.25, 0.3) is 0 Å². The number of benzene rings is 2. The lowest BCUT2D eigenvalue weighted by Gasteiger charge is -2.27. The monoisotopic (exact) mass is 293 g/mol. The number of halogens is 2. The summed E-state index contributed by atoms with van der Waals surface area (Å²) in [6, 6.07) is 13.4. The lowest BCUT2D eigenvalue weighted by Crippen LogP contribution is -2.18. The summed E-state index contributed by atoms with van der Waals surface area (Å²) < 4.78 is 13.2. The van der Waals surface area contributed by atoms with Crippen LogP contribution in [0.15, 0.2) is 42.5 Å². The van der Waals surface area contributed by atoms with Crippen molar-refractivity contribution in [2.75, 3.05) is 11.1 Å². The summed E-state index contributed by atoms with van der Waals surface area (Å²) in [6.45, 7) is 0. The molecule has 3 rings (SSSR count). The summed E-state index contributed by atoms with van der Waals surface area (Å²) in [7, 11) is 0. The van der Waals surface area contributed by atoms with Crippen LogP contribution in [0.1, 0.15) is 17.2 Å². The highest BCUT2D eigenvalue weighted by atomic mass is 35.5. The number of hydrogen-bond acceptors (Lipinski definition) is 2. The molecule has 1 heterocycles. The predicted octanol–water partition coefficient (Wildman–Crippen LogP) is 4.88. The molecule has 0 amide bonds. The van der Waals surface area contributed by atoms with Gasteiger partial charge >= 0.3 is 0 Å². The van der Waals surface area contributed by atoms with E-state index in [1.165, 1.54) is 17.2 Å². The molecule has 98 valence electrons. The van der Waals surface area contributed by atoms with Gasteiger partial charge in [-0.25, -0.2) is 4.39 Å². The van der Waals surface area contributed by atoms with E-state index in [-0.39, 0.29) is 16.9 Å². The van der Waals surface area contributed by atoms with Crippen molar-refractivity contribution in [3.63, 3.8) is 0 Å². The second-order valence-corrected chi connectivity index (χ2v) is 5.98. The summed E-state index contributed by atoms with van der Waals surface area (Å²) >= 11 is 7.71. The number of anilines is 1. The Morgan fingerprint density at radius 3 is 2.89 bits per heavy atom. The third-order valence-electron chi connectivity index (χ3n) is 3.23. The second kappa shape index (κ2) is 5.43. The predicted molar refractivity (Wildman–Crippen MR) is 80.4 cm³/mol. The Kier molecular flexibility index (Phi) is 3.67. The SMILES string of the molecule is Fc1ccc(NC2CSCc3ccccc32)cc1Cl. The zero-order valence-corrected chi connectivity index (χ0v) is 11.8. The summed E-state index contributed by atoms with van der Waals surface area (Å²) in [6.07, 6.45) is 0. The third-order valence-corrected chi connectivity index (χ3v) is 4.61. The van der Waals surface area contributed by atoms with E-state index in [9.17, 15) is 4.39 Å². The molecule has 1 atom stereocenters. The lowest BCUT2D eigenvalue weighted by atomic mass is 10.0. The minimum atomic E-state index is -0.384. The highest BCUT2D eigenvalue weighted by Crippen LogP contribution is 2.34. The van der Waals surface area contributed by atoms with E-state index < -0.39 is 0 Å². The molecule has 0 radical (unpaired) electrons. The second-order valence-electron chi connectivity index (χ2n) is 4.54. The first-order chi connectivity index (χ1) is 9.24. The van der Waals surface area contributed by atoms with Gasteiger partial charge in [-0.3, -0.25) is 0 Å². The molecule has 1 unspecified atom stereocenters. The first-order valence-electron chi connectivity index (χ1n) is 6.11. The van der Waals surface area contributed by atoms with Crippen molar-refractivity contribution >= 4 is 29.1 Å². The first-order valence-corrected chi connectivity index (χ1v) is 7.64. The van der Waals surface area contributed by atoms with Crippen molar-refractivity contribution in [3.05, 3.63) is 64.4 Å². The summed E-state index contributed by atoms with van der Waals surface area (Å²) in [4.78, 5) is 0. The maximum Gasteiger partial charge on any atom is 0.141 e. The molecule has 2 aromatic carbocycles. The van der Waals surface area contributed by atoms with Gasteiger partial charge in [0, 0.05) is 17.2 Å². The fraction of sp³-hybridized carbons (Fsp3) is 0.200. The molecule has 1 aliphatic rings. The van der Waals surface area contributed by atoms with Crippen molar-refractivity contribution in [1.82, 2.24) is 0 Å². The lowest BCUT2D eigenvalue weighted by molar-refractivity contribution is 0.628. The quantitative estimate of drug-likeness (QED) is 0.847. The zero-order valence-electron chi connectivity index (χ0n) is 10.2. The molecule has 0 aromatic heterocycles. The average Bonchev–Trinajstić information content (AvgIpc) is 2.43. The molecule has 4 heteroatoms. The Morgan fingerprint density at radius 2 is 2.05 bits per heavy atom. The Hall–Kier alpha value is -1.19. The average molecular weight is 294 g/mol. The van der Waals surface area contributed by atoms with Crippen LogP contribution in [-0.2, 0) is 5.75 Å². The highest BCUT2D eigenvalue weighted by Gasteiger charge is 2.19. The minimum Gasteiger partial charge on any atom is -0.377 e. The molecule has 0 fully saturated rings. The normalized spacial score (nSPS) is 17.9. The Balaban J connectivity index is 1.86. The van der Waals surface area contributed by atoms with Crippen LogP contribution < -0.4 is 5.32 Å². The van der Waals surface area contributed by atoms with Crippen LogP contribution >= 0.6 is 23.4 Å². The van der Waals surface area contributed by atoms with Crippen molar-refractivity contribution in [2.24, 2.45) is 0 Å².